The summed E-state index contributed by atoms with van der Waals surface area (Å²) in [7, 11) is -19.6. The molecule has 4 radical (unpaired) electrons. The Morgan fingerprint density at radius 2 is 0.795 bits per heavy atom. The van der Waals surface area contributed by atoms with Gasteiger partial charge < -0.3 is 10.6 Å². The third-order valence-corrected chi connectivity index (χ3v) is 8.90. The van der Waals surface area contributed by atoms with E-state index in [1.165, 1.54) is 24.3 Å². The van der Waals surface area contributed by atoms with Crippen LogP contribution in [0.1, 0.15) is 0 Å². The van der Waals surface area contributed by atoms with Crippen LogP contribution >= 0.6 is 0 Å². The van der Waals surface area contributed by atoms with Gasteiger partial charge in [0.2, 0.25) is 0 Å². The molecule has 0 spiro atoms. The van der Waals surface area contributed by atoms with Crippen LogP contribution in [0.25, 0.3) is 21.5 Å². The summed E-state index contributed by atoms with van der Waals surface area (Å²) in [5.41, 5.74) is -0.0709. The Bertz CT molecular complexity index is 2040. The molecule has 216 valence electrons. The van der Waals surface area contributed by atoms with Crippen LogP contribution in [0, 0.1) is 0 Å². The Balaban J connectivity index is 0.00000462. The molecule has 4 aromatic rings. The zero-order chi connectivity index (χ0) is 29.8. The van der Waals surface area contributed by atoms with Crippen LogP contribution < -0.4 is 10.6 Å². The molecule has 44 heavy (non-hydrogen) atoms. The van der Waals surface area contributed by atoms with Gasteiger partial charge in [0, 0.05) is 140 Å². The van der Waals surface area contributed by atoms with E-state index in [1.807, 2.05) is 0 Å². The van der Waals surface area contributed by atoms with E-state index in [-0.39, 0.29) is 151 Å². The van der Waals surface area contributed by atoms with Crippen molar-refractivity contribution in [1.29, 1.82) is 0 Å². The number of urea groups is 1. The molecule has 4 rings (SSSR count). The van der Waals surface area contributed by atoms with Crippen LogP contribution in [0.3, 0.4) is 0 Å². The standard InChI is InChI=1S/C21H16N2O13S4.4Na/c24-21(22-13-3-1-11-5-15(37(25,26)27)9-19(17(11)7-13)39(31,32)33)23-14-4-2-12-6-16(38(28,29)30)10-20(18(12)8-14)40(34,35)36;;;;/h1-10H,(H2,22,23,24)(H,25,26,27)(H,28,29,30)(H,31,32,33)(H,34,35,36);;;;. The Morgan fingerprint density at radius 3 is 1.07 bits per heavy atom. The second kappa shape index (κ2) is 16.1. The number of hydrogen-bond donors (Lipinski definition) is 6. The summed E-state index contributed by atoms with van der Waals surface area (Å²) in [6.07, 6.45) is 0. The maximum atomic E-state index is 12.6. The molecule has 0 unspecified atom stereocenters. The van der Waals surface area contributed by atoms with E-state index in [0.29, 0.717) is 12.1 Å². The van der Waals surface area contributed by atoms with E-state index < -0.39 is 66.1 Å². The second-order valence-corrected chi connectivity index (χ2v) is 13.8. The monoisotopic (exact) mass is 724 g/mol. The molecule has 0 heterocycles. The predicted octanol–water partition coefficient (Wildman–Crippen LogP) is 1.10. The molecule has 0 saturated heterocycles. The Morgan fingerprint density at radius 1 is 0.477 bits per heavy atom. The number of anilines is 2. The minimum atomic E-state index is -4.98. The minimum absolute atomic E-state index is 0. The third-order valence-electron chi connectivity index (χ3n) is 5.45. The molecule has 0 aliphatic heterocycles. The average molecular weight is 725 g/mol. The van der Waals surface area contributed by atoms with E-state index in [2.05, 4.69) is 10.6 Å². The molecule has 0 aromatic heterocycles. The Hall–Kier alpha value is 0.310. The van der Waals surface area contributed by atoms with Crippen molar-refractivity contribution >= 4 is 198 Å². The number of nitrogens with one attached hydrogen (secondary N) is 2. The fraction of sp³-hybridized carbons (Fsp3) is 0. The molecule has 0 saturated carbocycles. The van der Waals surface area contributed by atoms with E-state index >= 15 is 0 Å². The van der Waals surface area contributed by atoms with Crippen molar-refractivity contribution in [3.05, 3.63) is 60.7 Å². The van der Waals surface area contributed by atoms with Crippen molar-refractivity contribution in [2.24, 2.45) is 0 Å². The van der Waals surface area contributed by atoms with E-state index in [0.717, 1.165) is 24.3 Å². The molecule has 0 aliphatic carbocycles. The smallest absolute Gasteiger partial charge is 0.308 e. The van der Waals surface area contributed by atoms with Gasteiger partial charge in [0.1, 0.15) is 9.79 Å². The summed E-state index contributed by atoms with van der Waals surface area (Å²) in [5, 5.41) is 4.26. The quantitative estimate of drug-likeness (QED) is 0.120. The summed E-state index contributed by atoms with van der Waals surface area (Å²) in [4.78, 5) is 9.29. The van der Waals surface area contributed by atoms with Gasteiger partial charge >= 0.3 is 6.03 Å². The normalized spacial score (nSPS) is 11.7. The molecule has 23 heteroatoms. The van der Waals surface area contributed by atoms with Crippen LogP contribution in [0.5, 0.6) is 0 Å². The summed E-state index contributed by atoms with van der Waals surface area (Å²) in [6.45, 7) is 0. The maximum absolute atomic E-state index is 12.6. The third kappa shape index (κ3) is 10.7. The van der Waals surface area contributed by atoms with Crippen molar-refractivity contribution in [1.82, 2.24) is 0 Å². The van der Waals surface area contributed by atoms with Crippen LogP contribution in [-0.4, -0.2) is 176 Å². The zero-order valence-corrected chi connectivity index (χ0v) is 34.6. The maximum Gasteiger partial charge on any atom is 0.323 e. The van der Waals surface area contributed by atoms with Crippen molar-refractivity contribution in [2.45, 2.75) is 19.6 Å². The van der Waals surface area contributed by atoms with Gasteiger partial charge in [-0.3, -0.25) is 18.2 Å². The van der Waals surface area contributed by atoms with E-state index in [4.69, 9.17) is 0 Å². The van der Waals surface area contributed by atoms with Gasteiger partial charge in [0.25, 0.3) is 40.5 Å². The molecule has 0 aliphatic rings. The van der Waals surface area contributed by atoms with Gasteiger partial charge in [-0.05, 0) is 59.3 Å². The number of carbonyl (C=O) groups excluding carboxylic acids is 1. The molecular weight excluding hydrogens is 708 g/mol. The van der Waals surface area contributed by atoms with Gasteiger partial charge in [-0.1, -0.05) is 12.1 Å². The van der Waals surface area contributed by atoms with Gasteiger partial charge in [0.15, 0.2) is 0 Å². The number of hydrogen-bond acceptors (Lipinski definition) is 9. The molecule has 2 amide bonds. The summed E-state index contributed by atoms with van der Waals surface area (Å²) >= 11 is 0. The number of carbonyl (C=O) groups is 1. The largest absolute Gasteiger partial charge is 0.323 e. The summed E-state index contributed by atoms with van der Waals surface area (Å²) in [6, 6.07) is 9.11. The number of amides is 2. The molecule has 0 fully saturated rings. The molecule has 15 nitrogen and oxygen atoms in total. The SMILES string of the molecule is O=C(Nc1ccc2cc(S(=O)(=O)O)cc(S(=O)(=O)O)c2c1)Nc1ccc2cc(S(=O)(=O)O)cc(S(=O)(=O)O)c2c1.[Na].[Na].[Na].[Na]. The first-order valence-electron chi connectivity index (χ1n) is 10.4. The molecule has 6 N–H and O–H groups in total. The van der Waals surface area contributed by atoms with Gasteiger partial charge in [-0.15, -0.1) is 0 Å². The van der Waals surface area contributed by atoms with E-state index in [1.54, 1.807) is 0 Å². The van der Waals surface area contributed by atoms with Gasteiger partial charge in [-0.25, -0.2) is 4.79 Å². The summed E-state index contributed by atoms with van der Waals surface area (Å²) < 4.78 is 131. The molecule has 0 bridgehead atoms. The van der Waals surface area contributed by atoms with Gasteiger partial charge in [-0.2, -0.15) is 33.7 Å². The first kappa shape index (κ1) is 44.3. The van der Waals surface area contributed by atoms with Crippen molar-refractivity contribution < 1.29 is 56.7 Å². The Kier molecular flexibility index (Phi) is 16.3. The topological polar surface area (TPSA) is 259 Å². The fourth-order valence-corrected chi connectivity index (χ4v) is 6.46. The number of rotatable bonds is 6. The predicted molar refractivity (Wildman–Crippen MR) is 163 cm³/mol. The van der Waals surface area contributed by atoms with Crippen molar-refractivity contribution in [3.63, 3.8) is 0 Å². The molecule has 0 atom stereocenters. The first-order chi connectivity index (χ1) is 18.2. The summed E-state index contributed by atoms with van der Waals surface area (Å²) in [5.74, 6) is 0. The number of benzene rings is 4. The molecule has 4 aromatic carbocycles. The van der Waals surface area contributed by atoms with Gasteiger partial charge in [0.05, 0.1) is 9.79 Å². The van der Waals surface area contributed by atoms with Crippen LogP contribution in [0.15, 0.2) is 80.2 Å². The Labute approximate surface area is 340 Å². The van der Waals surface area contributed by atoms with E-state index in [9.17, 15) is 56.7 Å². The van der Waals surface area contributed by atoms with Crippen molar-refractivity contribution in [3.8, 4) is 0 Å². The van der Waals surface area contributed by atoms with Crippen LogP contribution in [0.4, 0.5) is 16.2 Å². The van der Waals surface area contributed by atoms with Crippen LogP contribution in [-0.2, 0) is 40.5 Å². The molecular formula is C21H16N2Na4O13S4. The van der Waals surface area contributed by atoms with Crippen molar-refractivity contribution in [2.75, 3.05) is 10.6 Å². The fourth-order valence-electron chi connectivity index (χ4n) is 3.77. The zero-order valence-electron chi connectivity index (χ0n) is 23.4. The average Bonchev–Trinajstić information content (AvgIpc) is 2.80. The second-order valence-electron chi connectivity index (χ2n) is 8.19. The minimum Gasteiger partial charge on any atom is -0.308 e. The first-order valence-corrected chi connectivity index (χ1v) is 16.1. The van der Waals surface area contributed by atoms with Crippen LogP contribution in [0.2, 0.25) is 0 Å². The number of fused-ring (bicyclic) bond motifs is 2.